The Morgan fingerprint density at radius 1 is 0.861 bits per heavy atom. The number of hydrogen-bond acceptors (Lipinski definition) is 3. The van der Waals surface area contributed by atoms with E-state index in [-0.39, 0.29) is 5.75 Å². The van der Waals surface area contributed by atoms with Crippen LogP contribution in [0.3, 0.4) is 0 Å². The Labute approximate surface area is 215 Å². The van der Waals surface area contributed by atoms with Crippen molar-refractivity contribution in [2.75, 3.05) is 0 Å². The minimum atomic E-state index is -2.08. The van der Waals surface area contributed by atoms with E-state index >= 15 is 0 Å². The molecule has 4 rings (SSSR count). The Kier molecular flexibility index (Phi) is 7.30. The van der Waals surface area contributed by atoms with Crippen molar-refractivity contribution in [1.29, 1.82) is 0 Å². The molecule has 36 heavy (non-hydrogen) atoms. The largest absolute Gasteiger partial charge is 0.507 e. The van der Waals surface area contributed by atoms with Gasteiger partial charge in [-0.05, 0) is 52.0 Å². The summed E-state index contributed by atoms with van der Waals surface area (Å²) in [7, 11) is -2.08. The maximum atomic E-state index is 12.3. The Bertz CT molecular complexity index is 1370. The van der Waals surface area contributed by atoms with Crippen molar-refractivity contribution in [3.8, 4) is 5.75 Å². The Morgan fingerprint density at radius 2 is 1.50 bits per heavy atom. The number of hydrogen-bond donors (Lipinski definition) is 2. The first-order chi connectivity index (χ1) is 17.1. The summed E-state index contributed by atoms with van der Waals surface area (Å²) in [6, 6.07) is 19.6. The molecule has 190 valence electrons. The molecule has 1 amide bonds. The summed E-state index contributed by atoms with van der Waals surface area (Å²) >= 11 is 0. The summed E-state index contributed by atoms with van der Waals surface area (Å²) < 4.78 is 9.00. The molecule has 0 saturated heterocycles. The number of amides is 1. The zero-order valence-electron chi connectivity index (χ0n) is 22.2. The van der Waals surface area contributed by atoms with E-state index in [2.05, 4.69) is 64.3 Å². The molecule has 0 saturated carbocycles. The number of nitrogens with two attached hydrogens (primary N) is 1. The van der Waals surface area contributed by atoms with Gasteiger partial charge in [0.15, 0.2) is 0 Å². The summed E-state index contributed by atoms with van der Waals surface area (Å²) in [5.41, 5.74) is 11.4. The van der Waals surface area contributed by atoms with Crippen LogP contribution in [0.1, 0.15) is 63.0 Å². The highest BCUT2D eigenvalue weighted by molar-refractivity contribution is 6.77. The molecular weight excluding hydrogens is 464 g/mol. The topological polar surface area (TPSA) is 77.5 Å². The average molecular weight is 503 g/mol. The number of benzene rings is 3. The monoisotopic (exact) mass is 502 g/mol. The van der Waals surface area contributed by atoms with Crippen molar-refractivity contribution >= 4 is 36.0 Å². The van der Waals surface area contributed by atoms with E-state index < -0.39 is 14.2 Å². The van der Waals surface area contributed by atoms with Crippen molar-refractivity contribution in [2.45, 2.75) is 71.3 Å². The Hall–Kier alpha value is -3.09. The third-order valence-electron chi connectivity index (χ3n) is 7.68. The molecule has 0 unspecified atom stereocenters. The lowest BCUT2D eigenvalue weighted by atomic mass is 10.0. The Morgan fingerprint density at radius 3 is 2.08 bits per heavy atom. The molecule has 4 aromatic rings. The molecule has 0 bridgehead atoms. The van der Waals surface area contributed by atoms with Gasteiger partial charge >= 0.3 is 0 Å². The summed E-state index contributed by atoms with van der Waals surface area (Å²) in [6.07, 6.45) is 0. The molecule has 1 heterocycles. The lowest BCUT2D eigenvalue weighted by Crippen LogP contribution is -2.47. The molecule has 0 aliphatic heterocycles. The third kappa shape index (κ3) is 4.44. The van der Waals surface area contributed by atoms with Crippen LogP contribution in [0.2, 0.25) is 16.6 Å². The molecule has 0 radical (unpaired) electrons. The van der Waals surface area contributed by atoms with Gasteiger partial charge in [-0.1, -0.05) is 77.9 Å². The van der Waals surface area contributed by atoms with Crippen LogP contribution in [0.4, 0.5) is 0 Å². The van der Waals surface area contributed by atoms with Crippen LogP contribution in [0, 0.1) is 0 Å². The molecule has 0 fully saturated rings. The summed E-state index contributed by atoms with van der Waals surface area (Å²) in [4.78, 5) is 12.3. The summed E-state index contributed by atoms with van der Waals surface area (Å²) in [6.45, 7) is 14.7. The van der Waals surface area contributed by atoms with Gasteiger partial charge < -0.3 is 19.8 Å². The number of carbonyl (C=O) groups is 1. The van der Waals surface area contributed by atoms with Gasteiger partial charge in [0.25, 0.3) is 0 Å². The van der Waals surface area contributed by atoms with Crippen LogP contribution in [-0.4, -0.2) is 23.9 Å². The molecule has 3 N–H and O–H groups in total. The van der Waals surface area contributed by atoms with Crippen LogP contribution in [0.5, 0.6) is 5.75 Å². The highest BCUT2D eigenvalue weighted by atomic mass is 28.4. The summed E-state index contributed by atoms with van der Waals surface area (Å²) in [5.74, 6) is -0.365. The number of primary amides is 1. The van der Waals surface area contributed by atoms with Gasteiger partial charge in [0.05, 0.1) is 23.0 Å². The second-order valence-electron chi connectivity index (χ2n) is 10.8. The smallest absolute Gasteiger partial charge is 0.249 e. The minimum absolute atomic E-state index is 0.141. The van der Waals surface area contributed by atoms with Crippen LogP contribution in [-0.2, 0) is 17.6 Å². The molecule has 0 spiro atoms. The van der Waals surface area contributed by atoms with Crippen molar-refractivity contribution in [3.05, 3.63) is 77.4 Å². The first-order valence-corrected chi connectivity index (χ1v) is 15.0. The lowest BCUT2D eigenvalue weighted by molar-refractivity contribution is 0.100. The van der Waals surface area contributed by atoms with Gasteiger partial charge in [-0.25, -0.2) is 0 Å². The maximum Gasteiger partial charge on any atom is 0.249 e. The predicted molar refractivity (Wildman–Crippen MR) is 151 cm³/mol. The molecule has 0 aliphatic carbocycles. The molecule has 3 aromatic carbocycles. The zero-order chi connectivity index (χ0) is 26.2. The van der Waals surface area contributed by atoms with E-state index in [0.717, 1.165) is 22.2 Å². The van der Waals surface area contributed by atoms with E-state index in [1.165, 1.54) is 0 Å². The number of rotatable bonds is 9. The van der Waals surface area contributed by atoms with Crippen LogP contribution in [0.25, 0.3) is 21.8 Å². The van der Waals surface area contributed by atoms with Crippen LogP contribution in [0.15, 0.2) is 60.7 Å². The first-order valence-electron chi connectivity index (χ1n) is 12.8. The fraction of sp³-hybridized carbons (Fsp3) is 0.367. The van der Waals surface area contributed by atoms with Gasteiger partial charge in [-0.3, -0.25) is 4.79 Å². The van der Waals surface area contributed by atoms with E-state index in [1.807, 2.05) is 30.3 Å². The van der Waals surface area contributed by atoms with E-state index in [1.54, 1.807) is 12.1 Å². The van der Waals surface area contributed by atoms with Crippen LogP contribution >= 0.6 is 0 Å². The second-order valence-corrected chi connectivity index (χ2v) is 16.2. The van der Waals surface area contributed by atoms with Crippen molar-refractivity contribution < 1.29 is 14.3 Å². The fourth-order valence-electron chi connectivity index (χ4n) is 6.23. The number of aromatic nitrogens is 1. The van der Waals surface area contributed by atoms with E-state index in [9.17, 15) is 9.90 Å². The number of phenols is 1. The van der Waals surface area contributed by atoms with Crippen molar-refractivity contribution in [2.24, 2.45) is 5.73 Å². The predicted octanol–water partition coefficient (Wildman–Crippen LogP) is 7.34. The van der Waals surface area contributed by atoms with Gasteiger partial charge in [-0.2, -0.15) is 0 Å². The highest BCUT2D eigenvalue weighted by Crippen LogP contribution is 2.44. The maximum absolute atomic E-state index is 12.3. The molecule has 6 heteroatoms. The standard InChI is InChI=1S/C30H38N2O3Si/c1-19(2)36(20(3)4,21(5)6)35-18-23-15-26-29(27(33)16-23)28-24(30(31)34)13-10-14-25(28)32(26)17-22-11-8-7-9-12-22/h7-16,19-21,33H,17-18H2,1-6H3,(H2,31,34). The van der Waals surface area contributed by atoms with Gasteiger partial charge in [-0.15, -0.1) is 0 Å². The van der Waals surface area contributed by atoms with Gasteiger partial charge in [0, 0.05) is 17.5 Å². The number of carbonyl (C=O) groups excluding carboxylic acids is 1. The SMILES string of the molecule is CC(C)[Si](OCc1cc(O)c2c3c(C(N)=O)cccc3n(Cc3ccccc3)c2c1)(C(C)C)C(C)C. The summed E-state index contributed by atoms with van der Waals surface area (Å²) in [5, 5.41) is 12.6. The van der Waals surface area contributed by atoms with Gasteiger partial charge in [0.1, 0.15) is 5.75 Å². The van der Waals surface area contributed by atoms with E-state index in [0.29, 0.717) is 46.1 Å². The third-order valence-corrected chi connectivity index (χ3v) is 13.7. The van der Waals surface area contributed by atoms with Crippen molar-refractivity contribution in [3.63, 3.8) is 0 Å². The molecule has 0 aliphatic rings. The van der Waals surface area contributed by atoms with Gasteiger partial charge in [0.2, 0.25) is 14.2 Å². The molecule has 0 atom stereocenters. The number of fused-ring (bicyclic) bond motifs is 3. The normalized spacial score (nSPS) is 12.5. The van der Waals surface area contributed by atoms with E-state index in [4.69, 9.17) is 10.2 Å². The van der Waals surface area contributed by atoms with Crippen molar-refractivity contribution in [1.82, 2.24) is 4.57 Å². The Balaban J connectivity index is 1.90. The minimum Gasteiger partial charge on any atom is -0.507 e. The fourth-order valence-corrected chi connectivity index (χ4v) is 11.6. The average Bonchev–Trinajstić information content (AvgIpc) is 3.13. The number of phenolic OH excluding ortho intramolecular Hbond substituents is 1. The zero-order valence-corrected chi connectivity index (χ0v) is 23.2. The molecule has 5 nitrogen and oxygen atoms in total. The quantitative estimate of drug-likeness (QED) is 0.235. The first kappa shape index (κ1) is 26.0. The number of nitrogens with zero attached hydrogens (tertiary/aromatic N) is 1. The highest BCUT2D eigenvalue weighted by Gasteiger charge is 2.45. The molecular formula is C30H38N2O3Si. The lowest BCUT2D eigenvalue weighted by Gasteiger charge is -2.42. The number of aromatic hydroxyl groups is 1. The second kappa shape index (κ2) is 10.1. The molecule has 1 aromatic heterocycles. The van der Waals surface area contributed by atoms with Crippen LogP contribution < -0.4 is 5.73 Å².